The molecule has 0 saturated heterocycles. The molecule has 1 N–H and O–H groups in total. The standard InChI is InChI=1S/C15H23NO2/c1-10(2)7-11(3)16(4)14-9-18-15-8-12(17)5-6-13(14)15/h5-6,8,10-11,14,17H,7,9H2,1-4H3. The zero-order chi connectivity index (χ0) is 13.3. The Hall–Kier alpha value is -1.22. The highest BCUT2D eigenvalue weighted by Gasteiger charge is 2.30. The molecule has 18 heavy (non-hydrogen) atoms. The first kappa shape index (κ1) is 13.2. The fraction of sp³-hybridized carbons (Fsp3) is 0.600. The number of hydrogen-bond donors (Lipinski definition) is 1. The number of phenolic OH excluding ortho intramolecular Hbond substituents is 1. The maximum absolute atomic E-state index is 9.46. The van der Waals surface area contributed by atoms with Gasteiger partial charge < -0.3 is 9.84 Å². The normalized spacial score (nSPS) is 20.0. The van der Waals surface area contributed by atoms with Crippen LogP contribution < -0.4 is 4.74 Å². The van der Waals surface area contributed by atoms with Crippen LogP contribution in [0.1, 0.15) is 38.8 Å². The molecule has 2 unspecified atom stereocenters. The van der Waals surface area contributed by atoms with Crippen LogP contribution in [-0.2, 0) is 0 Å². The van der Waals surface area contributed by atoms with Gasteiger partial charge in [0.1, 0.15) is 18.1 Å². The Bertz CT molecular complexity index is 417. The Labute approximate surface area is 109 Å². The van der Waals surface area contributed by atoms with E-state index in [0.717, 1.165) is 5.75 Å². The molecule has 100 valence electrons. The number of fused-ring (bicyclic) bond motifs is 1. The van der Waals surface area contributed by atoms with Crippen molar-refractivity contribution in [2.75, 3.05) is 13.7 Å². The van der Waals surface area contributed by atoms with Crippen molar-refractivity contribution in [3.63, 3.8) is 0 Å². The first-order valence-corrected chi connectivity index (χ1v) is 6.66. The fourth-order valence-electron chi connectivity index (χ4n) is 2.67. The molecule has 2 rings (SSSR count). The Morgan fingerprint density at radius 1 is 1.39 bits per heavy atom. The molecule has 2 atom stereocenters. The van der Waals surface area contributed by atoms with Gasteiger partial charge in [-0.15, -0.1) is 0 Å². The van der Waals surface area contributed by atoms with Crippen LogP contribution in [0.4, 0.5) is 0 Å². The van der Waals surface area contributed by atoms with E-state index >= 15 is 0 Å². The van der Waals surface area contributed by atoms with Crippen molar-refractivity contribution in [1.29, 1.82) is 0 Å². The summed E-state index contributed by atoms with van der Waals surface area (Å²) in [7, 11) is 2.16. The second-order valence-electron chi connectivity index (χ2n) is 5.69. The number of benzene rings is 1. The number of hydrogen-bond acceptors (Lipinski definition) is 3. The Balaban J connectivity index is 2.13. The average Bonchev–Trinajstić information content (AvgIpc) is 2.69. The molecule has 1 aliphatic rings. The van der Waals surface area contributed by atoms with Gasteiger partial charge in [0, 0.05) is 17.7 Å². The summed E-state index contributed by atoms with van der Waals surface area (Å²) in [5, 5.41) is 9.46. The van der Waals surface area contributed by atoms with Gasteiger partial charge in [0.05, 0.1) is 6.04 Å². The highest BCUT2D eigenvalue weighted by atomic mass is 16.5. The highest BCUT2D eigenvalue weighted by Crippen LogP contribution is 2.38. The van der Waals surface area contributed by atoms with Crippen LogP contribution in [0.5, 0.6) is 11.5 Å². The number of nitrogens with zero attached hydrogens (tertiary/aromatic N) is 1. The van der Waals surface area contributed by atoms with E-state index in [1.165, 1.54) is 12.0 Å². The van der Waals surface area contributed by atoms with Crippen molar-refractivity contribution in [3.05, 3.63) is 23.8 Å². The minimum atomic E-state index is 0.271. The summed E-state index contributed by atoms with van der Waals surface area (Å²) in [5.74, 6) is 1.79. The number of phenols is 1. The molecule has 3 heteroatoms. The topological polar surface area (TPSA) is 32.7 Å². The molecule has 1 aromatic carbocycles. The van der Waals surface area contributed by atoms with Crippen molar-refractivity contribution >= 4 is 0 Å². The van der Waals surface area contributed by atoms with Gasteiger partial charge in [-0.1, -0.05) is 13.8 Å². The second-order valence-corrected chi connectivity index (χ2v) is 5.69. The lowest BCUT2D eigenvalue weighted by atomic mass is 10.0. The van der Waals surface area contributed by atoms with E-state index in [2.05, 4.69) is 32.7 Å². The minimum Gasteiger partial charge on any atom is -0.508 e. The van der Waals surface area contributed by atoms with E-state index in [1.807, 2.05) is 6.07 Å². The summed E-state index contributed by atoms with van der Waals surface area (Å²) in [4.78, 5) is 2.38. The molecule has 0 radical (unpaired) electrons. The smallest absolute Gasteiger partial charge is 0.127 e. The summed E-state index contributed by atoms with van der Waals surface area (Å²) in [6, 6.07) is 6.24. The largest absolute Gasteiger partial charge is 0.508 e. The van der Waals surface area contributed by atoms with Gasteiger partial charge in [-0.2, -0.15) is 0 Å². The third kappa shape index (κ3) is 2.61. The quantitative estimate of drug-likeness (QED) is 0.889. The van der Waals surface area contributed by atoms with Gasteiger partial charge in [0.25, 0.3) is 0 Å². The molecular weight excluding hydrogens is 226 g/mol. The summed E-state index contributed by atoms with van der Waals surface area (Å²) in [5.41, 5.74) is 1.19. The third-order valence-corrected chi connectivity index (χ3v) is 3.75. The Kier molecular flexibility index (Phi) is 3.81. The van der Waals surface area contributed by atoms with Crippen LogP contribution in [0.2, 0.25) is 0 Å². The number of rotatable bonds is 4. The lowest BCUT2D eigenvalue weighted by Crippen LogP contribution is -2.34. The first-order valence-electron chi connectivity index (χ1n) is 6.66. The molecule has 0 aromatic heterocycles. The fourth-order valence-corrected chi connectivity index (χ4v) is 2.67. The molecule has 0 aliphatic carbocycles. The lowest BCUT2D eigenvalue weighted by molar-refractivity contribution is 0.139. The van der Waals surface area contributed by atoms with Crippen LogP contribution >= 0.6 is 0 Å². The summed E-state index contributed by atoms with van der Waals surface area (Å²) < 4.78 is 5.67. The average molecular weight is 249 g/mol. The molecule has 3 nitrogen and oxygen atoms in total. The Morgan fingerprint density at radius 2 is 2.11 bits per heavy atom. The minimum absolute atomic E-state index is 0.271. The van der Waals surface area contributed by atoms with Gasteiger partial charge in [-0.25, -0.2) is 0 Å². The van der Waals surface area contributed by atoms with Crippen molar-refractivity contribution in [3.8, 4) is 11.5 Å². The zero-order valence-corrected chi connectivity index (χ0v) is 11.7. The molecule has 1 aromatic rings. The van der Waals surface area contributed by atoms with Crippen molar-refractivity contribution < 1.29 is 9.84 Å². The molecular formula is C15H23NO2. The van der Waals surface area contributed by atoms with Gasteiger partial charge >= 0.3 is 0 Å². The molecule has 1 aliphatic heterocycles. The number of aromatic hydroxyl groups is 1. The van der Waals surface area contributed by atoms with E-state index in [9.17, 15) is 5.11 Å². The summed E-state index contributed by atoms with van der Waals surface area (Å²) in [6.45, 7) is 7.44. The van der Waals surface area contributed by atoms with Gasteiger partial charge in [-0.05, 0) is 38.4 Å². The van der Waals surface area contributed by atoms with E-state index in [4.69, 9.17) is 4.74 Å². The van der Waals surface area contributed by atoms with Crippen LogP contribution in [0, 0.1) is 5.92 Å². The van der Waals surface area contributed by atoms with Crippen LogP contribution in [0.25, 0.3) is 0 Å². The first-order chi connectivity index (χ1) is 8.49. The number of ether oxygens (including phenoxy) is 1. The zero-order valence-electron chi connectivity index (χ0n) is 11.7. The molecule has 1 heterocycles. The van der Waals surface area contributed by atoms with Crippen LogP contribution in [0.15, 0.2) is 18.2 Å². The van der Waals surface area contributed by atoms with Gasteiger partial charge in [0.15, 0.2) is 0 Å². The van der Waals surface area contributed by atoms with E-state index in [-0.39, 0.29) is 5.75 Å². The van der Waals surface area contributed by atoms with Gasteiger partial charge in [0.2, 0.25) is 0 Å². The van der Waals surface area contributed by atoms with E-state index in [1.54, 1.807) is 12.1 Å². The molecule has 0 spiro atoms. The second kappa shape index (κ2) is 5.19. The van der Waals surface area contributed by atoms with Crippen molar-refractivity contribution in [2.24, 2.45) is 5.92 Å². The lowest BCUT2D eigenvalue weighted by Gasteiger charge is -2.31. The molecule has 0 amide bonds. The highest BCUT2D eigenvalue weighted by molar-refractivity contribution is 5.44. The number of likely N-dealkylation sites (N-methyl/N-ethyl adjacent to an activating group) is 1. The molecule has 0 saturated carbocycles. The van der Waals surface area contributed by atoms with Gasteiger partial charge in [-0.3, -0.25) is 4.90 Å². The maximum Gasteiger partial charge on any atom is 0.127 e. The predicted octanol–water partition coefficient (Wildman–Crippen LogP) is 3.19. The maximum atomic E-state index is 9.46. The van der Waals surface area contributed by atoms with Crippen molar-refractivity contribution in [1.82, 2.24) is 4.90 Å². The summed E-state index contributed by atoms with van der Waals surface area (Å²) in [6.07, 6.45) is 1.18. The SMILES string of the molecule is CC(C)CC(C)N(C)C1COc2cc(O)ccc21. The van der Waals surface area contributed by atoms with Crippen LogP contribution in [0.3, 0.4) is 0 Å². The third-order valence-electron chi connectivity index (χ3n) is 3.75. The van der Waals surface area contributed by atoms with E-state index < -0.39 is 0 Å². The van der Waals surface area contributed by atoms with Crippen LogP contribution in [-0.4, -0.2) is 29.7 Å². The molecule has 0 bridgehead atoms. The Morgan fingerprint density at radius 3 is 2.78 bits per heavy atom. The summed E-state index contributed by atoms with van der Waals surface area (Å²) >= 11 is 0. The monoisotopic (exact) mass is 249 g/mol. The molecule has 0 fully saturated rings. The predicted molar refractivity (Wildman–Crippen MR) is 73.0 cm³/mol. The van der Waals surface area contributed by atoms with Crippen molar-refractivity contribution in [2.45, 2.75) is 39.3 Å². The van der Waals surface area contributed by atoms with E-state index in [0.29, 0.717) is 24.6 Å².